The Labute approximate surface area is 292 Å². The highest BCUT2D eigenvalue weighted by Crippen LogP contribution is 2.65. The van der Waals surface area contributed by atoms with Crippen LogP contribution in [0, 0.1) is 17.8 Å². The third-order valence-electron chi connectivity index (χ3n) is 11.1. The average molecular weight is 671 g/mol. The van der Waals surface area contributed by atoms with Gasteiger partial charge in [-0.2, -0.15) is 0 Å². The normalized spacial score (nSPS) is 26.8. The molecular weight excluding hydrogens is 616 g/mol. The molecule has 0 saturated carbocycles. The highest BCUT2D eigenvalue weighted by atomic mass is 16.5. The number of likely N-dealkylation sites (tertiary alicyclic amines) is 1. The molecule has 1 spiro atoms. The molecule has 3 amide bonds. The molecule has 2 aromatic rings. The zero-order valence-electron chi connectivity index (χ0n) is 29.7. The third kappa shape index (κ3) is 6.43. The SMILES string of the molecule is C=CCN(C(=O)C1N(CCCCCCO)C(=O)[C@@H]2[C@H](C(=O)N(CC=C)c3ccccc3)[C@@]3(C)OC12CC3C)c1ccc(N(CC)CC)cc1. The fraction of sp³-hybridized carbons (Fsp3) is 0.525. The van der Waals surface area contributed by atoms with Gasteiger partial charge in [0.15, 0.2) is 0 Å². The maximum absolute atomic E-state index is 15.1. The Morgan fingerprint density at radius 3 is 2.06 bits per heavy atom. The first-order chi connectivity index (χ1) is 23.6. The minimum Gasteiger partial charge on any atom is -0.396 e. The summed E-state index contributed by atoms with van der Waals surface area (Å²) in [5.41, 5.74) is 0.417. The molecule has 0 aromatic heterocycles. The van der Waals surface area contributed by atoms with Gasteiger partial charge < -0.3 is 29.4 Å². The molecule has 0 radical (unpaired) electrons. The van der Waals surface area contributed by atoms with Crippen LogP contribution >= 0.6 is 0 Å². The number of benzene rings is 2. The van der Waals surface area contributed by atoms with Crippen LogP contribution in [0.5, 0.6) is 0 Å². The van der Waals surface area contributed by atoms with E-state index >= 15 is 4.79 Å². The van der Waals surface area contributed by atoms with E-state index in [1.807, 2.05) is 61.5 Å². The van der Waals surface area contributed by atoms with Gasteiger partial charge in [0.05, 0.1) is 17.4 Å². The van der Waals surface area contributed by atoms with E-state index in [9.17, 15) is 14.7 Å². The first kappa shape index (κ1) is 36.3. The van der Waals surface area contributed by atoms with E-state index in [1.54, 1.807) is 26.9 Å². The van der Waals surface area contributed by atoms with Crippen molar-refractivity contribution >= 4 is 34.8 Å². The average Bonchev–Trinajstić information content (AvgIpc) is 3.62. The zero-order chi connectivity index (χ0) is 35.3. The highest BCUT2D eigenvalue weighted by Gasteiger charge is 2.80. The molecule has 2 bridgehead atoms. The van der Waals surface area contributed by atoms with Crippen LogP contribution in [-0.2, 0) is 19.1 Å². The molecule has 3 unspecified atom stereocenters. The van der Waals surface area contributed by atoms with E-state index in [0.717, 1.165) is 43.0 Å². The minimum absolute atomic E-state index is 0.0760. The molecule has 6 atom stereocenters. The summed E-state index contributed by atoms with van der Waals surface area (Å²) in [6.45, 7) is 18.9. The number of unbranched alkanes of at least 4 members (excludes halogenated alkanes) is 3. The van der Waals surface area contributed by atoms with Gasteiger partial charge in [-0.1, -0.05) is 50.1 Å². The molecule has 3 saturated heterocycles. The van der Waals surface area contributed by atoms with Crippen LogP contribution in [-0.4, -0.2) is 84.3 Å². The number of anilines is 3. The fourth-order valence-electron chi connectivity index (χ4n) is 8.64. The molecule has 9 heteroatoms. The molecule has 3 fully saturated rings. The number of ether oxygens (including phenoxy) is 1. The zero-order valence-corrected chi connectivity index (χ0v) is 29.7. The monoisotopic (exact) mass is 670 g/mol. The van der Waals surface area contributed by atoms with E-state index in [4.69, 9.17) is 4.74 Å². The number of amides is 3. The summed E-state index contributed by atoms with van der Waals surface area (Å²) in [5, 5.41) is 9.32. The van der Waals surface area contributed by atoms with Crippen molar-refractivity contribution in [2.75, 3.05) is 54.0 Å². The molecule has 3 aliphatic rings. The van der Waals surface area contributed by atoms with Crippen LogP contribution in [0.15, 0.2) is 79.9 Å². The van der Waals surface area contributed by atoms with Crippen molar-refractivity contribution in [2.45, 2.75) is 77.0 Å². The van der Waals surface area contributed by atoms with Crippen LogP contribution in [0.2, 0.25) is 0 Å². The number of nitrogens with zero attached hydrogens (tertiary/aromatic N) is 4. The van der Waals surface area contributed by atoms with Gasteiger partial charge >= 0.3 is 0 Å². The van der Waals surface area contributed by atoms with E-state index in [1.165, 1.54) is 0 Å². The molecule has 3 aliphatic heterocycles. The molecule has 9 nitrogen and oxygen atoms in total. The third-order valence-corrected chi connectivity index (χ3v) is 11.1. The van der Waals surface area contributed by atoms with Gasteiger partial charge in [-0.15, -0.1) is 13.2 Å². The molecule has 1 N–H and O–H groups in total. The molecular formula is C40H54N4O5. The lowest BCUT2D eigenvalue weighted by atomic mass is 9.62. The predicted molar refractivity (Wildman–Crippen MR) is 196 cm³/mol. The Kier molecular flexibility index (Phi) is 11.3. The second-order valence-corrected chi connectivity index (χ2v) is 13.9. The Bertz CT molecular complexity index is 1490. The van der Waals surface area contributed by atoms with E-state index in [2.05, 4.69) is 38.8 Å². The Hall–Kier alpha value is -3.95. The highest BCUT2D eigenvalue weighted by molar-refractivity contribution is 6.07. The number of para-hydroxylation sites is 1. The topological polar surface area (TPSA) is 93.6 Å². The first-order valence-electron chi connectivity index (χ1n) is 18.0. The van der Waals surface area contributed by atoms with Crippen molar-refractivity contribution in [3.8, 4) is 0 Å². The van der Waals surface area contributed by atoms with Crippen LogP contribution in [0.4, 0.5) is 17.1 Å². The van der Waals surface area contributed by atoms with E-state index < -0.39 is 29.1 Å². The maximum atomic E-state index is 15.1. The van der Waals surface area contributed by atoms with Crippen LogP contribution in [0.3, 0.4) is 0 Å². The number of fused-ring (bicyclic) bond motifs is 1. The summed E-state index contributed by atoms with van der Waals surface area (Å²) in [6, 6.07) is 16.5. The number of hydrogen-bond donors (Lipinski definition) is 1. The lowest BCUT2D eigenvalue weighted by molar-refractivity contribution is -0.145. The molecule has 49 heavy (non-hydrogen) atoms. The predicted octanol–water partition coefficient (Wildman–Crippen LogP) is 5.83. The van der Waals surface area contributed by atoms with Gasteiger partial charge in [-0.05, 0) is 82.3 Å². The summed E-state index contributed by atoms with van der Waals surface area (Å²) in [5.74, 6) is -2.27. The first-order valence-corrected chi connectivity index (χ1v) is 18.0. The van der Waals surface area contributed by atoms with Gasteiger partial charge in [0.2, 0.25) is 11.8 Å². The summed E-state index contributed by atoms with van der Waals surface area (Å²) in [7, 11) is 0. The number of rotatable bonds is 17. The van der Waals surface area contributed by atoms with Crippen molar-refractivity contribution < 1.29 is 24.2 Å². The molecule has 3 heterocycles. The number of carbonyl (C=O) groups excluding carboxylic acids is 3. The largest absolute Gasteiger partial charge is 0.396 e. The summed E-state index contributed by atoms with van der Waals surface area (Å²) < 4.78 is 7.06. The van der Waals surface area contributed by atoms with Gasteiger partial charge in [-0.3, -0.25) is 14.4 Å². The van der Waals surface area contributed by atoms with Crippen LogP contribution in [0.1, 0.15) is 59.8 Å². The fourth-order valence-corrected chi connectivity index (χ4v) is 8.64. The lowest BCUT2D eigenvalue weighted by Gasteiger charge is -2.39. The van der Waals surface area contributed by atoms with Gasteiger partial charge in [0.1, 0.15) is 11.6 Å². The molecule has 0 aliphatic carbocycles. The number of aliphatic hydroxyl groups excluding tert-OH is 1. The molecule has 5 rings (SSSR count). The smallest absolute Gasteiger partial charge is 0.253 e. The summed E-state index contributed by atoms with van der Waals surface area (Å²) in [6.07, 6.45) is 6.90. The van der Waals surface area contributed by atoms with Crippen molar-refractivity contribution in [1.29, 1.82) is 0 Å². The second-order valence-electron chi connectivity index (χ2n) is 13.9. The van der Waals surface area contributed by atoms with Crippen molar-refractivity contribution in [1.82, 2.24) is 4.90 Å². The maximum Gasteiger partial charge on any atom is 0.253 e. The van der Waals surface area contributed by atoms with Crippen LogP contribution in [0.25, 0.3) is 0 Å². The number of aliphatic hydroxyl groups is 1. The van der Waals surface area contributed by atoms with E-state index in [-0.39, 0.29) is 43.3 Å². The van der Waals surface area contributed by atoms with Crippen molar-refractivity contribution in [3.63, 3.8) is 0 Å². The number of hydrogen-bond acceptors (Lipinski definition) is 6. The standard InChI is InChI=1S/C40H54N4O5/c1-7-24-42(31-18-14-13-15-19-31)36(46)33-34-37(47)44(26-16-11-12-17-27-45)35(40(34)28-29(5)39(33,6)49-40)38(48)43(25-8-2)32-22-20-30(21-23-32)41(9-3)10-4/h7-8,13-15,18-23,29,33-35,45H,1-2,9-12,16-17,24-28H2,3-6H3/t29?,33-,34+,35?,39+,40?/m1/s1. The molecule has 264 valence electrons. The Morgan fingerprint density at radius 2 is 1.47 bits per heavy atom. The summed E-state index contributed by atoms with van der Waals surface area (Å²) in [4.78, 5) is 52.0. The van der Waals surface area contributed by atoms with Crippen LogP contribution < -0.4 is 14.7 Å². The second kappa shape index (κ2) is 15.3. The van der Waals surface area contributed by atoms with Crippen molar-refractivity contribution in [3.05, 3.63) is 79.9 Å². The molecule has 2 aromatic carbocycles. The van der Waals surface area contributed by atoms with E-state index in [0.29, 0.717) is 25.8 Å². The van der Waals surface area contributed by atoms with Gasteiger partial charge in [-0.25, -0.2) is 0 Å². The van der Waals surface area contributed by atoms with Gasteiger partial charge in [0.25, 0.3) is 5.91 Å². The summed E-state index contributed by atoms with van der Waals surface area (Å²) >= 11 is 0. The van der Waals surface area contributed by atoms with Crippen molar-refractivity contribution in [2.24, 2.45) is 17.8 Å². The lowest BCUT2D eigenvalue weighted by Crippen LogP contribution is -2.57. The quantitative estimate of drug-likeness (QED) is 0.168. The number of carbonyl (C=O) groups is 3. The Morgan fingerprint density at radius 1 is 0.898 bits per heavy atom. The minimum atomic E-state index is -1.16. The van der Waals surface area contributed by atoms with Gasteiger partial charge in [0, 0.05) is 56.4 Å². The Balaban J connectivity index is 1.57.